The lowest BCUT2D eigenvalue weighted by Gasteiger charge is -2.03. The first-order valence-corrected chi connectivity index (χ1v) is 7.01. The molecule has 0 unspecified atom stereocenters. The summed E-state index contributed by atoms with van der Waals surface area (Å²) in [5.74, 6) is 0.892. The molecule has 0 aliphatic rings. The number of halogens is 1. The van der Waals surface area contributed by atoms with Gasteiger partial charge < -0.3 is 16.2 Å². The molecule has 0 bridgehead atoms. The molecule has 0 aliphatic carbocycles. The van der Waals surface area contributed by atoms with Gasteiger partial charge in [-0.3, -0.25) is 14.1 Å². The van der Waals surface area contributed by atoms with Gasteiger partial charge in [0.2, 0.25) is 0 Å². The number of nitrogens with two attached hydrogens (primary N) is 2. The Kier molecular flexibility index (Phi) is 8.07. The van der Waals surface area contributed by atoms with Gasteiger partial charge >= 0.3 is 10.4 Å². The normalized spacial score (nSPS) is 10.1. The number of hydrogen-bond donors (Lipinski definition) is 4. The van der Waals surface area contributed by atoms with E-state index in [1.165, 1.54) is 0 Å². The van der Waals surface area contributed by atoms with E-state index in [-0.39, 0.29) is 5.96 Å². The Morgan fingerprint density at radius 2 is 1.74 bits per heavy atom. The fraction of sp³-hybridized carbons (Fsp3) is 0.222. The van der Waals surface area contributed by atoms with Crippen molar-refractivity contribution in [3.8, 4) is 5.75 Å². The van der Waals surface area contributed by atoms with Crippen LogP contribution in [-0.2, 0) is 10.4 Å². The first-order chi connectivity index (χ1) is 8.68. The third-order valence-electron chi connectivity index (χ3n) is 1.47. The Labute approximate surface area is 119 Å². The fourth-order valence-electron chi connectivity index (χ4n) is 0.869. The highest BCUT2D eigenvalue weighted by atomic mass is 79.9. The van der Waals surface area contributed by atoms with Crippen molar-refractivity contribution in [2.75, 3.05) is 13.2 Å². The molecule has 0 heterocycles. The quantitative estimate of drug-likeness (QED) is 0.265. The van der Waals surface area contributed by atoms with Crippen LogP contribution in [0.3, 0.4) is 0 Å². The van der Waals surface area contributed by atoms with Crippen molar-refractivity contribution in [2.24, 2.45) is 16.5 Å². The van der Waals surface area contributed by atoms with Gasteiger partial charge in [0.05, 0.1) is 6.54 Å². The van der Waals surface area contributed by atoms with Crippen LogP contribution < -0.4 is 16.2 Å². The topological polar surface area (TPSA) is 148 Å². The van der Waals surface area contributed by atoms with Crippen LogP contribution in [-0.4, -0.2) is 36.6 Å². The van der Waals surface area contributed by atoms with Gasteiger partial charge in [-0.15, -0.1) is 0 Å². The van der Waals surface area contributed by atoms with Crippen LogP contribution >= 0.6 is 15.9 Å². The van der Waals surface area contributed by atoms with Gasteiger partial charge in [-0.25, -0.2) is 0 Å². The van der Waals surface area contributed by atoms with E-state index in [4.69, 9.17) is 33.7 Å². The van der Waals surface area contributed by atoms with E-state index >= 15 is 0 Å². The Balaban J connectivity index is 0.000000555. The highest BCUT2D eigenvalue weighted by molar-refractivity contribution is 9.10. The summed E-state index contributed by atoms with van der Waals surface area (Å²) in [6.45, 7) is 0.942. The largest absolute Gasteiger partial charge is 0.492 e. The summed E-state index contributed by atoms with van der Waals surface area (Å²) in [6, 6.07) is 7.57. The van der Waals surface area contributed by atoms with E-state index in [0.29, 0.717) is 13.2 Å². The molecule has 0 aromatic heterocycles. The molecule has 0 saturated heterocycles. The Bertz CT molecular complexity index is 491. The molecule has 8 nitrogen and oxygen atoms in total. The Hall–Kier alpha value is -1.36. The zero-order chi connectivity index (χ0) is 14.9. The number of hydrogen-bond acceptors (Lipinski definition) is 4. The van der Waals surface area contributed by atoms with Gasteiger partial charge in [-0.05, 0) is 24.3 Å². The minimum atomic E-state index is -4.67. The lowest BCUT2D eigenvalue weighted by Crippen LogP contribution is -2.23. The van der Waals surface area contributed by atoms with E-state index in [2.05, 4.69) is 20.9 Å². The molecule has 108 valence electrons. The van der Waals surface area contributed by atoms with Gasteiger partial charge in [-0.1, -0.05) is 15.9 Å². The van der Waals surface area contributed by atoms with Crippen LogP contribution in [0.2, 0.25) is 0 Å². The first-order valence-electron chi connectivity index (χ1n) is 4.82. The summed E-state index contributed by atoms with van der Waals surface area (Å²) >= 11 is 3.34. The summed E-state index contributed by atoms with van der Waals surface area (Å²) in [5.41, 5.74) is 10.3. The second-order valence-corrected chi connectivity index (χ2v) is 4.87. The zero-order valence-electron chi connectivity index (χ0n) is 9.73. The van der Waals surface area contributed by atoms with E-state index < -0.39 is 10.4 Å². The summed E-state index contributed by atoms with van der Waals surface area (Å²) in [7, 11) is -4.67. The fourth-order valence-corrected chi connectivity index (χ4v) is 1.13. The number of benzene rings is 1. The van der Waals surface area contributed by atoms with Crippen molar-refractivity contribution < 1.29 is 22.3 Å². The van der Waals surface area contributed by atoms with Gasteiger partial charge in [0.25, 0.3) is 0 Å². The van der Waals surface area contributed by atoms with Crippen LogP contribution in [0.5, 0.6) is 5.75 Å². The van der Waals surface area contributed by atoms with Gasteiger partial charge in [-0.2, -0.15) is 8.42 Å². The smallest absolute Gasteiger partial charge is 0.394 e. The average Bonchev–Trinajstić information content (AvgIpc) is 2.24. The van der Waals surface area contributed by atoms with Crippen molar-refractivity contribution in [1.82, 2.24) is 0 Å². The molecular formula is C9H14BrN3O5S. The van der Waals surface area contributed by atoms with Crippen LogP contribution in [0.4, 0.5) is 0 Å². The molecule has 0 amide bonds. The lowest BCUT2D eigenvalue weighted by atomic mass is 10.3. The maximum atomic E-state index is 8.74. The molecule has 0 atom stereocenters. The number of rotatable bonds is 4. The predicted octanol–water partition coefficient (Wildman–Crippen LogP) is 0.449. The molecule has 0 spiro atoms. The van der Waals surface area contributed by atoms with E-state index in [0.717, 1.165) is 10.2 Å². The summed E-state index contributed by atoms with van der Waals surface area (Å²) in [6.07, 6.45) is 0. The number of guanidine groups is 1. The number of aliphatic imine (C=N–C) groups is 1. The second-order valence-electron chi connectivity index (χ2n) is 3.06. The highest BCUT2D eigenvalue weighted by Gasteiger charge is 1.92. The number of ether oxygens (including phenoxy) is 1. The molecule has 1 aromatic carbocycles. The third-order valence-corrected chi connectivity index (χ3v) is 2.00. The maximum absolute atomic E-state index is 8.74. The highest BCUT2D eigenvalue weighted by Crippen LogP contribution is 2.15. The van der Waals surface area contributed by atoms with Crippen LogP contribution in [0.15, 0.2) is 33.7 Å². The predicted molar refractivity (Wildman–Crippen MR) is 74.5 cm³/mol. The molecule has 1 rings (SSSR count). The molecular weight excluding hydrogens is 342 g/mol. The monoisotopic (exact) mass is 355 g/mol. The van der Waals surface area contributed by atoms with Crippen LogP contribution in [0.25, 0.3) is 0 Å². The molecule has 0 fully saturated rings. The first kappa shape index (κ1) is 17.6. The summed E-state index contributed by atoms with van der Waals surface area (Å²) < 4.78 is 38.0. The van der Waals surface area contributed by atoms with E-state index in [1.54, 1.807) is 0 Å². The minimum absolute atomic E-state index is 0.0874. The Morgan fingerprint density at radius 1 is 1.26 bits per heavy atom. The lowest BCUT2D eigenvalue weighted by molar-refractivity contribution is 0.328. The molecule has 6 N–H and O–H groups in total. The molecule has 10 heteroatoms. The maximum Gasteiger partial charge on any atom is 0.394 e. The van der Waals surface area contributed by atoms with Gasteiger partial charge in [0.1, 0.15) is 12.4 Å². The third kappa shape index (κ3) is 14.6. The van der Waals surface area contributed by atoms with Gasteiger partial charge in [0, 0.05) is 4.47 Å². The van der Waals surface area contributed by atoms with Crippen molar-refractivity contribution in [2.45, 2.75) is 0 Å². The summed E-state index contributed by atoms with van der Waals surface area (Å²) in [5, 5.41) is 0. The molecule has 0 aliphatic heterocycles. The van der Waals surface area contributed by atoms with Crippen molar-refractivity contribution in [3.63, 3.8) is 0 Å². The van der Waals surface area contributed by atoms with Crippen molar-refractivity contribution in [3.05, 3.63) is 28.7 Å². The molecule has 1 aromatic rings. The minimum Gasteiger partial charge on any atom is -0.492 e. The van der Waals surface area contributed by atoms with Gasteiger partial charge in [0.15, 0.2) is 5.96 Å². The molecule has 0 saturated carbocycles. The standard InChI is InChI=1S/C9H12BrN3O.H2O4S/c10-7-1-3-8(4-2-7)14-6-5-13-9(11)12;1-5(2,3)4/h1-4H,5-6H2,(H4,11,12,13);(H2,1,2,3,4). The summed E-state index contributed by atoms with van der Waals surface area (Å²) in [4.78, 5) is 3.80. The Morgan fingerprint density at radius 3 is 2.16 bits per heavy atom. The number of nitrogens with zero attached hydrogens (tertiary/aromatic N) is 1. The second kappa shape index (κ2) is 8.69. The molecule has 19 heavy (non-hydrogen) atoms. The zero-order valence-corrected chi connectivity index (χ0v) is 12.1. The van der Waals surface area contributed by atoms with E-state index in [9.17, 15) is 0 Å². The van der Waals surface area contributed by atoms with Crippen LogP contribution in [0.1, 0.15) is 0 Å². The van der Waals surface area contributed by atoms with E-state index in [1.807, 2.05) is 24.3 Å². The molecule has 0 radical (unpaired) electrons. The van der Waals surface area contributed by atoms with Crippen molar-refractivity contribution in [1.29, 1.82) is 0 Å². The SMILES string of the molecule is NC(N)=NCCOc1ccc(Br)cc1.O=S(=O)(O)O. The van der Waals surface area contributed by atoms with Crippen molar-refractivity contribution >= 4 is 32.3 Å². The average molecular weight is 356 g/mol. The van der Waals surface area contributed by atoms with Crippen LogP contribution in [0, 0.1) is 0 Å².